The Labute approximate surface area is 206 Å². The first-order valence-electron chi connectivity index (χ1n) is 11.9. The quantitative estimate of drug-likeness (QED) is 0.262. The first-order valence-corrected chi connectivity index (χ1v) is 11.9. The maximum Gasteiger partial charge on any atom is 0.152 e. The van der Waals surface area contributed by atoms with Crippen molar-refractivity contribution in [1.82, 2.24) is 14.9 Å². The molecule has 1 heterocycles. The van der Waals surface area contributed by atoms with Crippen LogP contribution in [0.3, 0.4) is 0 Å². The highest BCUT2D eigenvalue weighted by Gasteiger charge is 2.52. The van der Waals surface area contributed by atoms with Gasteiger partial charge in [-0.15, -0.1) is 0 Å². The van der Waals surface area contributed by atoms with Crippen molar-refractivity contribution in [2.45, 2.75) is 46.8 Å². The minimum atomic E-state index is -0.857. The Kier molecular flexibility index (Phi) is 8.28. The number of allylic oxidation sites excluding steroid dienone is 2. The summed E-state index contributed by atoms with van der Waals surface area (Å²) in [6.45, 7) is 14.2. The fourth-order valence-electron chi connectivity index (χ4n) is 5.23. The number of rotatable bonds is 9. The topological polar surface area (TPSA) is 74.0 Å². The van der Waals surface area contributed by atoms with Crippen molar-refractivity contribution in [3.8, 4) is 0 Å². The Balaban J connectivity index is 1.87. The standard InChI is InChI=1S/C27H35F2N5O/c1-7-34(25(35)23-16-31-13-14-32-23)17-27(5)12-11-19(26(27,3)4)18(2)15-22(33-30-6)24-20(28)9-8-10-21(24)29/h8-10,13-16,19,25,35H,2,7,11-12,17H2,1,3-6H3/b22-15-,33-30-/t19-,25?,27-/m0/s1. The van der Waals surface area contributed by atoms with Crippen molar-refractivity contribution in [2.75, 3.05) is 20.1 Å². The van der Waals surface area contributed by atoms with E-state index in [1.807, 2.05) is 11.8 Å². The normalized spacial score (nSPS) is 23.2. The van der Waals surface area contributed by atoms with Gasteiger partial charge >= 0.3 is 0 Å². The molecule has 0 bridgehead atoms. The summed E-state index contributed by atoms with van der Waals surface area (Å²) in [5.41, 5.74) is 0.787. The van der Waals surface area contributed by atoms with E-state index < -0.39 is 17.9 Å². The fourth-order valence-corrected chi connectivity index (χ4v) is 5.23. The van der Waals surface area contributed by atoms with Crippen LogP contribution in [-0.4, -0.2) is 40.1 Å². The minimum absolute atomic E-state index is 0.0526. The van der Waals surface area contributed by atoms with Crippen molar-refractivity contribution in [2.24, 2.45) is 27.0 Å². The Hall–Kier alpha value is -2.84. The van der Waals surface area contributed by atoms with Gasteiger partial charge in [-0.05, 0) is 59.9 Å². The minimum Gasteiger partial charge on any atom is -0.372 e. The molecule has 35 heavy (non-hydrogen) atoms. The first kappa shape index (κ1) is 26.8. The van der Waals surface area contributed by atoms with Crippen LogP contribution in [-0.2, 0) is 0 Å². The summed E-state index contributed by atoms with van der Waals surface area (Å²) in [5, 5.41) is 18.8. The molecule has 1 N–H and O–H groups in total. The summed E-state index contributed by atoms with van der Waals surface area (Å²) in [5.74, 6) is -1.33. The second-order valence-electron chi connectivity index (χ2n) is 9.94. The van der Waals surface area contributed by atoms with Gasteiger partial charge < -0.3 is 5.11 Å². The third kappa shape index (κ3) is 5.38. The van der Waals surface area contributed by atoms with Gasteiger partial charge in [-0.25, -0.2) is 8.78 Å². The van der Waals surface area contributed by atoms with Crippen LogP contribution < -0.4 is 0 Å². The van der Waals surface area contributed by atoms with E-state index in [2.05, 4.69) is 47.5 Å². The van der Waals surface area contributed by atoms with Crippen molar-refractivity contribution in [3.63, 3.8) is 0 Å². The van der Waals surface area contributed by atoms with Crippen LogP contribution >= 0.6 is 0 Å². The molecule has 0 saturated heterocycles. The molecule has 0 spiro atoms. The lowest BCUT2D eigenvalue weighted by Gasteiger charge is -2.45. The molecule has 188 valence electrons. The molecule has 0 radical (unpaired) electrons. The highest BCUT2D eigenvalue weighted by Crippen LogP contribution is 2.58. The highest BCUT2D eigenvalue weighted by atomic mass is 19.1. The molecular weight excluding hydrogens is 448 g/mol. The number of aliphatic hydroxyl groups excluding tert-OH is 1. The molecule has 0 aliphatic heterocycles. The molecule has 3 rings (SSSR count). The van der Waals surface area contributed by atoms with Crippen molar-refractivity contribution >= 4 is 5.70 Å². The third-order valence-electron chi connectivity index (χ3n) is 7.76. The highest BCUT2D eigenvalue weighted by molar-refractivity contribution is 5.68. The van der Waals surface area contributed by atoms with Crippen LogP contribution in [0.1, 0.15) is 58.0 Å². The van der Waals surface area contributed by atoms with Gasteiger partial charge in [0.1, 0.15) is 17.3 Å². The van der Waals surface area contributed by atoms with E-state index in [9.17, 15) is 13.9 Å². The molecule has 1 saturated carbocycles. The van der Waals surface area contributed by atoms with E-state index in [0.717, 1.165) is 18.4 Å². The molecule has 1 aromatic heterocycles. The van der Waals surface area contributed by atoms with Gasteiger partial charge in [0.25, 0.3) is 0 Å². The second-order valence-corrected chi connectivity index (χ2v) is 9.94. The van der Waals surface area contributed by atoms with Gasteiger partial charge in [0.05, 0.1) is 17.5 Å². The van der Waals surface area contributed by atoms with E-state index in [-0.39, 0.29) is 28.0 Å². The SMILES string of the molecule is C=C(/C=C(\N=N/C)c1c(F)cccc1F)[C@@H]1CC[C@@](C)(CN(CC)C(O)c2cnccn2)C1(C)C. The fraction of sp³-hybridized carbons (Fsp3) is 0.481. The molecule has 1 aromatic carbocycles. The summed E-state index contributed by atoms with van der Waals surface area (Å²) in [6, 6.07) is 3.74. The van der Waals surface area contributed by atoms with Crippen LogP contribution in [0, 0.1) is 28.4 Å². The van der Waals surface area contributed by atoms with Crippen LogP contribution in [0.15, 0.2) is 65.2 Å². The number of benzene rings is 1. The number of aromatic nitrogens is 2. The lowest BCUT2D eigenvalue weighted by molar-refractivity contribution is -0.0457. The Bertz CT molecular complexity index is 1080. The van der Waals surface area contributed by atoms with E-state index >= 15 is 0 Å². The number of nitrogens with zero attached hydrogens (tertiary/aromatic N) is 5. The second kappa shape index (κ2) is 10.8. The first-order chi connectivity index (χ1) is 16.6. The Morgan fingerprint density at radius 3 is 2.54 bits per heavy atom. The smallest absolute Gasteiger partial charge is 0.152 e. The van der Waals surface area contributed by atoms with Gasteiger partial charge in [-0.1, -0.05) is 40.3 Å². The molecule has 6 nitrogen and oxygen atoms in total. The zero-order chi connectivity index (χ0) is 25.8. The molecule has 1 aliphatic carbocycles. The maximum absolute atomic E-state index is 14.5. The van der Waals surface area contributed by atoms with Gasteiger partial charge in [0.2, 0.25) is 0 Å². The number of hydrogen-bond acceptors (Lipinski definition) is 6. The molecule has 2 aromatic rings. The molecule has 8 heteroatoms. The summed E-state index contributed by atoms with van der Waals surface area (Å²) >= 11 is 0. The number of aliphatic hydroxyl groups is 1. The predicted molar refractivity (Wildman–Crippen MR) is 133 cm³/mol. The molecule has 3 atom stereocenters. The number of azo groups is 1. The Morgan fingerprint density at radius 1 is 1.29 bits per heavy atom. The largest absolute Gasteiger partial charge is 0.372 e. The zero-order valence-corrected chi connectivity index (χ0v) is 21.2. The molecule has 0 amide bonds. The third-order valence-corrected chi connectivity index (χ3v) is 7.76. The van der Waals surface area contributed by atoms with E-state index in [1.165, 1.54) is 25.2 Å². The summed E-state index contributed by atoms with van der Waals surface area (Å²) in [4.78, 5) is 10.3. The van der Waals surface area contributed by atoms with E-state index in [0.29, 0.717) is 18.8 Å². The lowest BCUT2D eigenvalue weighted by Crippen LogP contribution is -2.45. The zero-order valence-electron chi connectivity index (χ0n) is 21.2. The molecule has 1 aliphatic rings. The van der Waals surface area contributed by atoms with Gasteiger partial charge in [0, 0.05) is 26.0 Å². The van der Waals surface area contributed by atoms with Crippen molar-refractivity contribution in [1.29, 1.82) is 0 Å². The molecule has 1 unspecified atom stereocenters. The van der Waals surface area contributed by atoms with Gasteiger partial charge in [-0.3, -0.25) is 14.9 Å². The number of halogens is 2. The van der Waals surface area contributed by atoms with E-state index in [1.54, 1.807) is 24.7 Å². The molecular formula is C27H35F2N5O. The average Bonchev–Trinajstić information content (AvgIpc) is 3.06. The summed E-state index contributed by atoms with van der Waals surface area (Å²) in [7, 11) is 1.47. The van der Waals surface area contributed by atoms with Gasteiger partial charge in [-0.2, -0.15) is 10.2 Å². The summed E-state index contributed by atoms with van der Waals surface area (Å²) in [6.07, 6.45) is 7.29. The van der Waals surface area contributed by atoms with Crippen LogP contribution in [0.5, 0.6) is 0 Å². The van der Waals surface area contributed by atoms with Crippen LogP contribution in [0.25, 0.3) is 5.70 Å². The van der Waals surface area contributed by atoms with Crippen LogP contribution in [0.2, 0.25) is 0 Å². The number of hydrogen-bond donors (Lipinski definition) is 1. The summed E-state index contributed by atoms with van der Waals surface area (Å²) < 4.78 is 28.9. The lowest BCUT2D eigenvalue weighted by atomic mass is 9.64. The predicted octanol–water partition coefficient (Wildman–Crippen LogP) is 6.19. The monoisotopic (exact) mass is 483 g/mol. The average molecular weight is 484 g/mol. The molecule has 1 fully saturated rings. The van der Waals surface area contributed by atoms with Gasteiger partial charge in [0.15, 0.2) is 6.23 Å². The van der Waals surface area contributed by atoms with Crippen LogP contribution in [0.4, 0.5) is 8.78 Å². The van der Waals surface area contributed by atoms with E-state index in [4.69, 9.17) is 0 Å². The maximum atomic E-state index is 14.5. The Morgan fingerprint density at radius 2 is 1.97 bits per heavy atom. The van der Waals surface area contributed by atoms with Crippen molar-refractivity contribution < 1.29 is 13.9 Å². The van der Waals surface area contributed by atoms with Crippen molar-refractivity contribution in [3.05, 3.63) is 77.9 Å².